The number of hydrogen-bond donors (Lipinski definition) is 0. The van der Waals surface area contributed by atoms with E-state index in [2.05, 4.69) is 36.3 Å². The molecular weight excluding hydrogens is 308 g/mol. The summed E-state index contributed by atoms with van der Waals surface area (Å²) in [5.74, 6) is 0.937. The van der Waals surface area contributed by atoms with Crippen LogP contribution in [0, 0.1) is 11.3 Å². The van der Waals surface area contributed by atoms with Crippen molar-refractivity contribution in [1.82, 2.24) is 9.38 Å². The lowest BCUT2D eigenvalue weighted by molar-refractivity contribution is 0.0761. The number of hydrogen-bond acceptors (Lipinski definition) is 4. The first kappa shape index (κ1) is 12.5. The number of aromatic nitrogens is 2. The molecule has 0 bridgehead atoms. The summed E-state index contributed by atoms with van der Waals surface area (Å²) in [6.45, 7) is 1.90. The predicted molar refractivity (Wildman–Crippen MR) is 75.4 cm³/mol. The Hall–Kier alpha value is -1.58. The van der Waals surface area contributed by atoms with Gasteiger partial charge in [0.05, 0.1) is 24.9 Å². The van der Waals surface area contributed by atoms with Crippen LogP contribution in [0.1, 0.15) is 5.69 Å². The summed E-state index contributed by atoms with van der Waals surface area (Å²) in [4.78, 5) is 6.80. The van der Waals surface area contributed by atoms with E-state index in [-0.39, 0.29) is 6.10 Å². The first-order chi connectivity index (χ1) is 9.33. The first-order valence-corrected chi connectivity index (χ1v) is 7.23. The Bertz CT molecular complexity index is 633. The van der Waals surface area contributed by atoms with Crippen LogP contribution in [0.5, 0.6) is 0 Å². The zero-order valence-corrected chi connectivity index (χ0v) is 11.9. The normalized spacial score (nSPS) is 19.6. The molecule has 1 saturated heterocycles. The van der Waals surface area contributed by atoms with Crippen molar-refractivity contribution in [3.63, 3.8) is 0 Å². The summed E-state index contributed by atoms with van der Waals surface area (Å²) in [5, 5.41) is 9.71. The van der Waals surface area contributed by atoms with Crippen molar-refractivity contribution in [2.45, 2.75) is 11.4 Å². The molecule has 5 nitrogen and oxygen atoms in total. The van der Waals surface area contributed by atoms with Crippen LogP contribution in [0.4, 0.5) is 5.82 Å². The van der Waals surface area contributed by atoms with Gasteiger partial charge in [-0.2, -0.15) is 5.26 Å². The maximum Gasteiger partial charge on any atom is 0.161 e. The largest absolute Gasteiger partial charge is 0.360 e. The molecule has 1 fully saturated rings. The number of ether oxygens (including phenoxy) is 1. The van der Waals surface area contributed by atoms with Gasteiger partial charge in [0, 0.05) is 18.1 Å². The molecule has 6 heteroatoms. The fraction of sp³-hybridized carbons (Fsp3) is 0.385. The van der Waals surface area contributed by atoms with Crippen molar-refractivity contribution in [2.24, 2.45) is 0 Å². The number of imidazole rings is 1. The zero-order valence-electron chi connectivity index (χ0n) is 10.3. The molecule has 98 valence electrons. The molecular formula is C13H13BrN4O. The Morgan fingerprint density at radius 2 is 2.42 bits per heavy atom. The number of alkyl halides is 1. The van der Waals surface area contributed by atoms with Gasteiger partial charge in [-0.05, 0) is 12.1 Å². The SMILES string of the molecule is N#CC1CN(c2nc3ccccn3c2CBr)CCO1. The molecule has 1 aliphatic rings. The first-order valence-electron chi connectivity index (χ1n) is 6.11. The highest BCUT2D eigenvalue weighted by molar-refractivity contribution is 9.08. The second-order valence-corrected chi connectivity index (χ2v) is 4.94. The van der Waals surface area contributed by atoms with Gasteiger partial charge >= 0.3 is 0 Å². The van der Waals surface area contributed by atoms with E-state index in [0.717, 1.165) is 29.0 Å². The monoisotopic (exact) mass is 320 g/mol. The summed E-state index contributed by atoms with van der Waals surface area (Å²) in [6.07, 6.45) is 1.63. The quantitative estimate of drug-likeness (QED) is 0.794. The fourth-order valence-corrected chi connectivity index (χ4v) is 2.85. The van der Waals surface area contributed by atoms with Gasteiger partial charge in [-0.1, -0.05) is 22.0 Å². The van der Waals surface area contributed by atoms with Crippen LogP contribution in [0.3, 0.4) is 0 Å². The molecule has 3 heterocycles. The van der Waals surface area contributed by atoms with E-state index >= 15 is 0 Å². The van der Waals surface area contributed by atoms with Gasteiger partial charge in [0.2, 0.25) is 0 Å². The highest BCUT2D eigenvalue weighted by Gasteiger charge is 2.24. The lowest BCUT2D eigenvalue weighted by Crippen LogP contribution is -2.42. The lowest BCUT2D eigenvalue weighted by atomic mass is 10.3. The van der Waals surface area contributed by atoms with Gasteiger partial charge in [0.15, 0.2) is 11.9 Å². The van der Waals surface area contributed by atoms with Crippen molar-refractivity contribution in [2.75, 3.05) is 24.6 Å². The average molecular weight is 321 g/mol. The lowest BCUT2D eigenvalue weighted by Gasteiger charge is -2.30. The number of nitriles is 1. The number of rotatable bonds is 2. The number of morpholine rings is 1. The molecule has 0 saturated carbocycles. The Morgan fingerprint density at radius 1 is 1.53 bits per heavy atom. The van der Waals surface area contributed by atoms with E-state index in [1.807, 2.05) is 24.4 Å². The number of fused-ring (bicyclic) bond motifs is 1. The van der Waals surface area contributed by atoms with E-state index in [1.54, 1.807) is 0 Å². The Kier molecular flexibility index (Phi) is 3.40. The molecule has 1 atom stereocenters. The molecule has 2 aromatic rings. The van der Waals surface area contributed by atoms with E-state index in [1.165, 1.54) is 0 Å². The van der Waals surface area contributed by atoms with Gasteiger partial charge in [-0.25, -0.2) is 4.98 Å². The summed E-state index contributed by atoms with van der Waals surface area (Å²) in [7, 11) is 0. The summed E-state index contributed by atoms with van der Waals surface area (Å²) in [5.41, 5.74) is 2.03. The predicted octanol–water partition coefficient (Wildman–Crippen LogP) is 1.96. The highest BCUT2D eigenvalue weighted by Crippen LogP contribution is 2.25. The number of anilines is 1. The smallest absolute Gasteiger partial charge is 0.161 e. The van der Waals surface area contributed by atoms with Crippen LogP contribution >= 0.6 is 15.9 Å². The third-order valence-electron chi connectivity index (χ3n) is 3.24. The van der Waals surface area contributed by atoms with E-state index in [4.69, 9.17) is 10.00 Å². The standard InChI is InChI=1S/C13H13BrN4O/c14-7-11-13(16-12-3-1-2-4-18(11)12)17-5-6-19-10(8-15)9-17/h1-4,10H,5-7,9H2. The van der Waals surface area contributed by atoms with Crippen LogP contribution in [-0.2, 0) is 10.1 Å². The minimum Gasteiger partial charge on any atom is -0.360 e. The maximum atomic E-state index is 8.99. The number of pyridine rings is 1. The van der Waals surface area contributed by atoms with E-state index in [0.29, 0.717) is 13.2 Å². The highest BCUT2D eigenvalue weighted by atomic mass is 79.9. The molecule has 1 unspecified atom stereocenters. The molecule has 0 amide bonds. The fourth-order valence-electron chi connectivity index (χ4n) is 2.33. The van der Waals surface area contributed by atoms with Gasteiger partial charge < -0.3 is 14.0 Å². The van der Waals surface area contributed by atoms with Gasteiger partial charge in [-0.15, -0.1) is 0 Å². The Balaban J connectivity index is 2.02. The summed E-state index contributed by atoms with van der Waals surface area (Å²) < 4.78 is 7.45. The molecule has 3 rings (SSSR count). The van der Waals surface area contributed by atoms with Crippen LogP contribution < -0.4 is 4.90 Å². The number of halogens is 1. The van der Waals surface area contributed by atoms with Crippen LogP contribution in [0.25, 0.3) is 5.65 Å². The van der Waals surface area contributed by atoms with Crippen LogP contribution in [-0.4, -0.2) is 35.2 Å². The van der Waals surface area contributed by atoms with Crippen LogP contribution in [0.2, 0.25) is 0 Å². The minimum absolute atomic E-state index is 0.373. The second-order valence-electron chi connectivity index (χ2n) is 4.38. The second kappa shape index (κ2) is 5.19. The van der Waals surface area contributed by atoms with Crippen molar-refractivity contribution in [3.05, 3.63) is 30.1 Å². The molecule has 1 aliphatic heterocycles. The van der Waals surface area contributed by atoms with E-state index < -0.39 is 0 Å². The van der Waals surface area contributed by atoms with Crippen LogP contribution in [0.15, 0.2) is 24.4 Å². The molecule has 19 heavy (non-hydrogen) atoms. The molecule has 0 radical (unpaired) electrons. The topological polar surface area (TPSA) is 53.6 Å². The summed E-state index contributed by atoms with van der Waals surface area (Å²) in [6, 6.07) is 8.11. The van der Waals surface area contributed by atoms with Crippen molar-refractivity contribution in [3.8, 4) is 6.07 Å². The average Bonchev–Trinajstić information content (AvgIpc) is 2.86. The van der Waals surface area contributed by atoms with Gasteiger partial charge in [0.25, 0.3) is 0 Å². The molecule has 0 aliphatic carbocycles. The molecule has 2 aromatic heterocycles. The van der Waals surface area contributed by atoms with Crippen molar-refractivity contribution < 1.29 is 4.74 Å². The Labute approximate surface area is 119 Å². The third kappa shape index (κ3) is 2.20. The minimum atomic E-state index is -0.373. The molecule has 0 N–H and O–H groups in total. The molecule has 0 aromatic carbocycles. The van der Waals surface area contributed by atoms with Gasteiger partial charge in [-0.3, -0.25) is 0 Å². The van der Waals surface area contributed by atoms with Gasteiger partial charge in [0.1, 0.15) is 5.65 Å². The third-order valence-corrected chi connectivity index (χ3v) is 3.78. The Morgan fingerprint density at radius 3 is 3.21 bits per heavy atom. The van der Waals surface area contributed by atoms with E-state index in [9.17, 15) is 0 Å². The zero-order chi connectivity index (χ0) is 13.2. The number of nitrogens with zero attached hydrogens (tertiary/aromatic N) is 4. The van der Waals surface area contributed by atoms with Crippen molar-refractivity contribution in [1.29, 1.82) is 5.26 Å². The van der Waals surface area contributed by atoms with Crippen molar-refractivity contribution >= 4 is 27.4 Å². The maximum absolute atomic E-state index is 8.99. The summed E-state index contributed by atoms with van der Waals surface area (Å²) >= 11 is 3.52. The molecule has 0 spiro atoms.